The Morgan fingerprint density at radius 3 is 2.68 bits per heavy atom. The lowest BCUT2D eigenvalue weighted by Gasteiger charge is -2.33. The molecule has 1 aliphatic heterocycles. The second-order valence-electron chi connectivity index (χ2n) is 6.58. The van der Waals surface area contributed by atoms with Gasteiger partial charge in [-0.3, -0.25) is 9.59 Å². The molecule has 8 heteroatoms. The van der Waals surface area contributed by atoms with Crippen LogP contribution in [0.3, 0.4) is 0 Å². The molecule has 1 aliphatic rings. The highest BCUT2D eigenvalue weighted by Gasteiger charge is 2.26. The standard InChI is InChI=1S/C20H30N4O4/c1-4-21-20(24-11-8-16(9-12-24)19(26)27-3)22-10-13-28-18-7-5-6-17(14-18)23-15(2)25/h5-7,14,16H,4,8-13H2,1-3H3,(H,21,22)(H,23,25). The van der Waals surface area contributed by atoms with Gasteiger partial charge in [0.05, 0.1) is 19.6 Å². The van der Waals surface area contributed by atoms with Crippen molar-refractivity contribution in [3.8, 4) is 5.75 Å². The van der Waals surface area contributed by atoms with Gasteiger partial charge in [0.2, 0.25) is 5.91 Å². The number of ether oxygens (including phenoxy) is 2. The molecule has 1 heterocycles. The molecule has 1 aromatic rings. The first-order chi connectivity index (χ1) is 13.5. The third-order valence-corrected chi connectivity index (χ3v) is 4.44. The van der Waals surface area contributed by atoms with E-state index in [0.717, 1.165) is 38.4 Å². The fraction of sp³-hybridized carbons (Fsp3) is 0.550. The molecule has 2 rings (SSSR count). The smallest absolute Gasteiger partial charge is 0.308 e. The summed E-state index contributed by atoms with van der Waals surface area (Å²) >= 11 is 0. The number of guanidine groups is 1. The zero-order valence-corrected chi connectivity index (χ0v) is 16.9. The van der Waals surface area contributed by atoms with Crippen molar-refractivity contribution in [1.82, 2.24) is 10.2 Å². The maximum atomic E-state index is 11.7. The van der Waals surface area contributed by atoms with Crippen LogP contribution in [0.4, 0.5) is 5.69 Å². The second-order valence-corrected chi connectivity index (χ2v) is 6.58. The minimum Gasteiger partial charge on any atom is -0.492 e. The predicted molar refractivity (Wildman–Crippen MR) is 109 cm³/mol. The lowest BCUT2D eigenvalue weighted by molar-refractivity contribution is -0.146. The Labute approximate surface area is 166 Å². The Kier molecular flexibility index (Phi) is 8.58. The van der Waals surface area contributed by atoms with Crippen LogP contribution in [0.25, 0.3) is 0 Å². The number of likely N-dealkylation sites (tertiary alicyclic amines) is 1. The molecule has 1 fully saturated rings. The van der Waals surface area contributed by atoms with E-state index in [-0.39, 0.29) is 17.8 Å². The van der Waals surface area contributed by atoms with Crippen molar-refractivity contribution in [2.24, 2.45) is 10.9 Å². The number of methoxy groups -OCH3 is 1. The summed E-state index contributed by atoms with van der Waals surface area (Å²) in [4.78, 5) is 29.6. The van der Waals surface area contributed by atoms with Crippen LogP contribution in [-0.2, 0) is 14.3 Å². The summed E-state index contributed by atoms with van der Waals surface area (Å²) in [7, 11) is 1.44. The van der Waals surface area contributed by atoms with Crippen LogP contribution in [0.5, 0.6) is 5.75 Å². The summed E-state index contributed by atoms with van der Waals surface area (Å²) in [5.74, 6) is 1.25. The number of nitrogens with zero attached hydrogens (tertiary/aromatic N) is 2. The van der Waals surface area contributed by atoms with Crippen LogP contribution < -0.4 is 15.4 Å². The van der Waals surface area contributed by atoms with E-state index in [4.69, 9.17) is 9.47 Å². The first-order valence-electron chi connectivity index (χ1n) is 9.65. The minimum atomic E-state index is -0.128. The van der Waals surface area contributed by atoms with Gasteiger partial charge in [-0.25, -0.2) is 4.99 Å². The number of amides is 1. The van der Waals surface area contributed by atoms with Gasteiger partial charge in [0.15, 0.2) is 5.96 Å². The molecule has 0 unspecified atom stereocenters. The second kappa shape index (κ2) is 11.2. The number of nitrogens with one attached hydrogen (secondary N) is 2. The number of hydrogen-bond donors (Lipinski definition) is 2. The molecule has 2 N–H and O–H groups in total. The van der Waals surface area contributed by atoms with Crippen LogP contribution in [0, 0.1) is 5.92 Å². The number of carbonyl (C=O) groups excluding carboxylic acids is 2. The van der Waals surface area contributed by atoms with Crippen molar-refractivity contribution in [2.75, 3.05) is 45.2 Å². The van der Waals surface area contributed by atoms with Crippen LogP contribution in [0.15, 0.2) is 29.3 Å². The number of benzene rings is 1. The highest BCUT2D eigenvalue weighted by atomic mass is 16.5. The molecule has 0 bridgehead atoms. The van der Waals surface area contributed by atoms with Crippen molar-refractivity contribution in [3.63, 3.8) is 0 Å². The number of rotatable bonds is 7. The summed E-state index contributed by atoms with van der Waals surface area (Å²) in [6.45, 7) is 6.74. The first-order valence-corrected chi connectivity index (χ1v) is 9.65. The molecular weight excluding hydrogens is 360 g/mol. The van der Waals surface area contributed by atoms with Gasteiger partial charge in [0.1, 0.15) is 12.4 Å². The molecule has 0 aliphatic carbocycles. The fourth-order valence-electron chi connectivity index (χ4n) is 3.10. The summed E-state index contributed by atoms with van der Waals surface area (Å²) in [6.07, 6.45) is 1.53. The predicted octanol–water partition coefficient (Wildman–Crippen LogP) is 1.87. The normalized spacial score (nSPS) is 15.1. The van der Waals surface area contributed by atoms with E-state index in [9.17, 15) is 9.59 Å². The molecule has 0 atom stereocenters. The Morgan fingerprint density at radius 2 is 2.04 bits per heavy atom. The number of piperidine rings is 1. The van der Waals surface area contributed by atoms with E-state index < -0.39 is 0 Å². The molecule has 154 valence electrons. The van der Waals surface area contributed by atoms with Gasteiger partial charge in [-0.2, -0.15) is 0 Å². The van der Waals surface area contributed by atoms with Gasteiger partial charge in [-0.1, -0.05) is 6.07 Å². The minimum absolute atomic E-state index is 0.0247. The highest BCUT2D eigenvalue weighted by molar-refractivity contribution is 5.88. The van der Waals surface area contributed by atoms with Crippen LogP contribution >= 0.6 is 0 Å². The summed E-state index contributed by atoms with van der Waals surface area (Å²) in [5.41, 5.74) is 0.704. The van der Waals surface area contributed by atoms with E-state index in [1.54, 1.807) is 6.07 Å². The topological polar surface area (TPSA) is 92.3 Å². The van der Waals surface area contributed by atoms with Crippen molar-refractivity contribution in [2.45, 2.75) is 26.7 Å². The van der Waals surface area contributed by atoms with Crippen LogP contribution in [-0.4, -0.2) is 62.6 Å². The largest absolute Gasteiger partial charge is 0.492 e. The number of carbonyl (C=O) groups is 2. The number of hydrogen-bond acceptors (Lipinski definition) is 5. The zero-order chi connectivity index (χ0) is 20.4. The molecule has 28 heavy (non-hydrogen) atoms. The lowest BCUT2D eigenvalue weighted by atomic mass is 9.97. The molecule has 8 nitrogen and oxygen atoms in total. The third kappa shape index (κ3) is 6.75. The van der Waals surface area contributed by atoms with Gasteiger partial charge in [0.25, 0.3) is 0 Å². The molecule has 0 saturated carbocycles. The lowest BCUT2D eigenvalue weighted by Crippen LogP contribution is -2.46. The van der Waals surface area contributed by atoms with E-state index in [1.165, 1.54) is 14.0 Å². The maximum Gasteiger partial charge on any atom is 0.308 e. The Hall–Kier alpha value is -2.77. The average Bonchev–Trinajstić information content (AvgIpc) is 2.69. The quantitative estimate of drug-likeness (QED) is 0.320. The van der Waals surface area contributed by atoms with E-state index in [1.807, 2.05) is 25.1 Å². The molecule has 0 aromatic heterocycles. The van der Waals surface area contributed by atoms with Gasteiger partial charge in [-0.15, -0.1) is 0 Å². The van der Waals surface area contributed by atoms with Gasteiger partial charge in [0, 0.05) is 38.3 Å². The molecule has 0 radical (unpaired) electrons. The number of anilines is 1. The average molecular weight is 390 g/mol. The molecule has 0 spiro atoms. The molecule has 1 aromatic carbocycles. The first kappa shape index (κ1) is 21.5. The Morgan fingerprint density at radius 1 is 1.29 bits per heavy atom. The molecule has 1 amide bonds. The SMILES string of the molecule is CCNC(=NCCOc1cccc(NC(C)=O)c1)N1CCC(C(=O)OC)CC1. The van der Waals surface area contributed by atoms with E-state index in [0.29, 0.717) is 24.6 Å². The fourth-order valence-corrected chi connectivity index (χ4v) is 3.10. The highest BCUT2D eigenvalue weighted by Crippen LogP contribution is 2.19. The third-order valence-electron chi connectivity index (χ3n) is 4.44. The van der Waals surface area contributed by atoms with Crippen molar-refractivity contribution < 1.29 is 19.1 Å². The monoisotopic (exact) mass is 390 g/mol. The van der Waals surface area contributed by atoms with E-state index >= 15 is 0 Å². The number of aliphatic imine (C=N–C) groups is 1. The Balaban J connectivity index is 1.84. The molecular formula is C20H30N4O4. The van der Waals surface area contributed by atoms with Crippen molar-refractivity contribution >= 4 is 23.5 Å². The summed E-state index contributed by atoms with van der Waals surface area (Å²) in [6, 6.07) is 7.28. The zero-order valence-electron chi connectivity index (χ0n) is 16.9. The van der Waals surface area contributed by atoms with Gasteiger partial charge < -0.3 is 25.0 Å². The van der Waals surface area contributed by atoms with Crippen molar-refractivity contribution in [1.29, 1.82) is 0 Å². The number of esters is 1. The summed E-state index contributed by atoms with van der Waals surface area (Å²) in [5, 5.41) is 6.03. The molecule has 1 saturated heterocycles. The van der Waals surface area contributed by atoms with Crippen molar-refractivity contribution in [3.05, 3.63) is 24.3 Å². The van der Waals surface area contributed by atoms with E-state index in [2.05, 4.69) is 20.5 Å². The van der Waals surface area contributed by atoms with Crippen LogP contribution in [0.2, 0.25) is 0 Å². The summed E-state index contributed by atoms with van der Waals surface area (Å²) < 4.78 is 10.6. The van der Waals surface area contributed by atoms with Gasteiger partial charge >= 0.3 is 5.97 Å². The maximum absolute atomic E-state index is 11.7. The van der Waals surface area contributed by atoms with Crippen LogP contribution in [0.1, 0.15) is 26.7 Å². The van der Waals surface area contributed by atoms with Gasteiger partial charge in [-0.05, 0) is 31.9 Å². The Bertz CT molecular complexity index is 685.